The van der Waals surface area contributed by atoms with E-state index in [-0.39, 0.29) is 5.56 Å². The van der Waals surface area contributed by atoms with E-state index in [1.165, 1.54) is 0 Å². The first kappa shape index (κ1) is 14.9. The Labute approximate surface area is 112 Å². The van der Waals surface area contributed by atoms with Crippen molar-refractivity contribution in [2.24, 2.45) is 5.73 Å². The van der Waals surface area contributed by atoms with Crippen LogP contribution in [0.1, 0.15) is 36.8 Å². The number of hydrogen-bond acceptors (Lipinski definition) is 4. The van der Waals surface area contributed by atoms with Gasteiger partial charge in [0.2, 0.25) is 0 Å². The van der Waals surface area contributed by atoms with Crippen LogP contribution in [0, 0.1) is 6.92 Å². The van der Waals surface area contributed by atoms with E-state index in [4.69, 9.17) is 5.73 Å². The predicted molar refractivity (Wildman–Crippen MR) is 72.2 cm³/mol. The highest BCUT2D eigenvalue weighted by Gasteiger charge is 2.36. The summed E-state index contributed by atoms with van der Waals surface area (Å²) in [6, 6.07) is 3.24. The molecule has 0 aliphatic heterocycles. The molecule has 1 aromatic heterocycles. The van der Waals surface area contributed by atoms with E-state index in [1.807, 2.05) is 0 Å². The number of primary amides is 1. The fourth-order valence-corrected chi connectivity index (χ4v) is 1.87. The summed E-state index contributed by atoms with van der Waals surface area (Å²) in [5.41, 5.74) is 5.06. The number of nitrogens with two attached hydrogens (primary N) is 1. The standard InChI is InChI=1S/C13H19N3O3/c1-5-16(13(3,4)12(18)19)11-9(10(14)17)7-6-8(2)15-11/h6-7H,5H2,1-4H3,(H2,14,17)(H,18,19). The number of hydrogen-bond donors (Lipinski definition) is 2. The maximum Gasteiger partial charge on any atom is 0.328 e. The topological polar surface area (TPSA) is 96.5 Å². The van der Waals surface area contributed by atoms with Crippen molar-refractivity contribution in [3.05, 3.63) is 23.4 Å². The maximum atomic E-state index is 11.5. The summed E-state index contributed by atoms with van der Waals surface area (Å²) in [5.74, 6) is -1.31. The first-order valence-electron chi connectivity index (χ1n) is 6.00. The van der Waals surface area contributed by atoms with Crippen LogP contribution in [0.5, 0.6) is 0 Å². The second kappa shape index (κ2) is 5.26. The van der Waals surface area contributed by atoms with Crippen molar-refractivity contribution >= 4 is 17.7 Å². The number of carbonyl (C=O) groups excluding carboxylic acids is 1. The zero-order valence-electron chi connectivity index (χ0n) is 11.6. The molecular weight excluding hydrogens is 246 g/mol. The van der Waals surface area contributed by atoms with Crippen LogP contribution in [-0.2, 0) is 4.79 Å². The van der Waals surface area contributed by atoms with Gasteiger partial charge in [-0.1, -0.05) is 0 Å². The monoisotopic (exact) mass is 265 g/mol. The highest BCUT2D eigenvalue weighted by Crippen LogP contribution is 2.26. The van der Waals surface area contributed by atoms with Crippen LogP contribution in [0.2, 0.25) is 0 Å². The van der Waals surface area contributed by atoms with Crippen LogP contribution in [0.4, 0.5) is 5.82 Å². The molecule has 0 unspecified atom stereocenters. The normalized spacial score (nSPS) is 11.2. The third kappa shape index (κ3) is 2.83. The van der Waals surface area contributed by atoms with Gasteiger partial charge in [0.15, 0.2) is 0 Å². The minimum absolute atomic E-state index is 0.224. The van der Waals surface area contributed by atoms with Crippen molar-refractivity contribution in [2.75, 3.05) is 11.4 Å². The Morgan fingerprint density at radius 1 is 1.42 bits per heavy atom. The van der Waals surface area contributed by atoms with Crippen LogP contribution in [0.25, 0.3) is 0 Å². The Balaban J connectivity index is 3.44. The zero-order valence-corrected chi connectivity index (χ0v) is 11.6. The van der Waals surface area contributed by atoms with Crippen LogP contribution >= 0.6 is 0 Å². The van der Waals surface area contributed by atoms with Crippen LogP contribution in [0.3, 0.4) is 0 Å². The van der Waals surface area contributed by atoms with Crippen molar-refractivity contribution in [3.8, 4) is 0 Å². The number of carbonyl (C=O) groups is 2. The molecule has 1 rings (SSSR count). The molecule has 0 atom stereocenters. The molecule has 104 valence electrons. The lowest BCUT2D eigenvalue weighted by atomic mass is 10.0. The van der Waals surface area contributed by atoms with Crippen molar-refractivity contribution in [3.63, 3.8) is 0 Å². The molecule has 0 radical (unpaired) electrons. The second-order valence-electron chi connectivity index (χ2n) is 4.80. The Morgan fingerprint density at radius 2 is 2.00 bits per heavy atom. The molecule has 0 spiro atoms. The molecule has 19 heavy (non-hydrogen) atoms. The van der Waals surface area contributed by atoms with E-state index in [0.717, 1.165) is 0 Å². The van der Waals surface area contributed by atoms with Gasteiger partial charge in [-0.25, -0.2) is 9.78 Å². The van der Waals surface area contributed by atoms with Crippen molar-refractivity contribution in [1.82, 2.24) is 4.98 Å². The summed E-state index contributed by atoms with van der Waals surface area (Å²) >= 11 is 0. The fourth-order valence-electron chi connectivity index (χ4n) is 1.87. The molecule has 1 heterocycles. The van der Waals surface area contributed by atoms with E-state index in [2.05, 4.69) is 4.98 Å². The number of rotatable bonds is 5. The smallest absolute Gasteiger partial charge is 0.328 e. The minimum Gasteiger partial charge on any atom is -0.480 e. The van der Waals surface area contributed by atoms with Gasteiger partial charge in [0.25, 0.3) is 5.91 Å². The summed E-state index contributed by atoms with van der Waals surface area (Å²) < 4.78 is 0. The molecule has 1 amide bonds. The van der Waals surface area contributed by atoms with Gasteiger partial charge in [0, 0.05) is 12.2 Å². The second-order valence-corrected chi connectivity index (χ2v) is 4.80. The molecule has 0 aromatic carbocycles. The Kier molecular flexibility index (Phi) is 4.14. The molecule has 0 aliphatic carbocycles. The first-order chi connectivity index (χ1) is 8.71. The van der Waals surface area contributed by atoms with Crippen molar-refractivity contribution in [1.29, 1.82) is 0 Å². The van der Waals surface area contributed by atoms with E-state index < -0.39 is 17.4 Å². The summed E-state index contributed by atoms with van der Waals surface area (Å²) in [5, 5.41) is 9.32. The van der Waals surface area contributed by atoms with Gasteiger partial charge in [-0.3, -0.25) is 4.79 Å². The van der Waals surface area contributed by atoms with Gasteiger partial charge in [-0.05, 0) is 39.8 Å². The summed E-state index contributed by atoms with van der Waals surface area (Å²) in [7, 11) is 0. The summed E-state index contributed by atoms with van der Waals surface area (Å²) in [4.78, 5) is 28.7. The third-order valence-corrected chi connectivity index (χ3v) is 3.05. The molecule has 3 N–H and O–H groups in total. The van der Waals surface area contributed by atoms with Crippen LogP contribution in [-0.4, -0.2) is 34.1 Å². The van der Waals surface area contributed by atoms with Gasteiger partial charge >= 0.3 is 5.97 Å². The molecule has 0 fully saturated rings. The number of carboxylic acid groups (broad SMARTS) is 1. The van der Waals surface area contributed by atoms with E-state index in [0.29, 0.717) is 18.1 Å². The van der Waals surface area contributed by atoms with Gasteiger partial charge in [0.05, 0.1) is 5.56 Å². The number of pyridine rings is 1. The van der Waals surface area contributed by atoms with E-state index in [1.54, 1.807) is 44.7 Å². The van der Waals surface area contributed by atoms with Gasteiger partial charge < -0.3 is 15.7 Å². The summed E-state index contributed by atoms with van der Waals surface area (Å²) in [6.07, 6.45) is 0. The Morgan fingerprint density at radius 3 is 2.42 bits per heavy atom. The molecular formula is C13H19N3O3. The average molecular weight is 265 g/mol. The Hall–Kier alpha value is -2.11. The van der Waals surface area contributed by atoms with Crippen LogP contribution < -0.4 is 10.6 Å². The Bertz CT molecular complexity index is 512. The van der Waals surface area contributed by atoms with Gasteiger partial charge in [-0.15, -0.1) is 0 Å². The van der Waals surface area contributed by atoms with Crippen LogP contribution in [0.15, 0.2) is 12.1 Å². The SMILES string of the molecule is CCN(c1nc(C)ccc1C(N)=O)C(C)(C)C(=O)O. The molecule has 6 nitrogen and oxygen atoms in total. The lowest BCUT2D eigenvalue weighted by Crippen LogP contribution is -2.51. The highest BCUT2D eigenvalue weighted by molar-refractivity contribution is 5.98. The number of anilines is 1. The number of likely N-dealkylation sites (N-methyl/N-ethyl adjacent to an activating group) is 1. The first-order valence-corrected chi connectivity index (χ1v) is 6.00. The van der Waals surface area contributed by atoms with Gasteiger partial charge in [-0.2, -0.15) is 0 Å². The summed E-state index contributed by atoms with van der Waals surface area (Å²) in [6.45, 7) is 7.10. The molecule has 0 bridgehead atoms. The van der Waals surface area contributed by atoms with Gasteiger partial charge in [0.1, 0.15) is 11.4 Å². The highest BCUT2D eigenvalue weighted by atomic mass is 16.4. The van der Waals surface area contributed by atoms with E-state index >= 15 is 0 Å². The van der Waals surface area contributed by atoms with E-state index in [9.17, 15) is 14.7 Å². The number of aryl methyl sites for hydroxylation is 1. The number of nitrogens with zero attached hydrogens (tertiary/aromatic N) is 2. The average Bonchev–Trinajstić information content (AvgIpc) is 2.28. The number of carboxylic acids is 1. The molecule has 1 aromatic rings. The lowest BCUT2D eigenvalue weighted by Gasteiger charge is -2.36. The number of aromatic nitrogens is 1. The lowest BCUT2D eigenvalue weighted by molar-refractivity contribution is -0.142. The molecule has 0 saturated carbocycles. The third-order valence-electron chi connectivity index (χ3n) is 3.05. The van der Waals surface area contributed by atoms with Crippen molar-refractivity contribution < 1.29 is 14.7 Å². The van der Waals surface area contributed by atoms with Crippen molar-refractivity contribution in [2.45, 2.75) is 33.2 Å². The fraction of sp³-hybridized carbons (Fsp3) is 0.462. The zero-order chi connectivity index (χ0) is 14.8. The molecule has 0 aliphatic rings. The number of aliphatic carboxylic acids is 1. The molecule has 6 heteroatoms. The number of amides is 1. The largest absolute Gasteiger partial charge is 0.480 e. The maximum absolute atomic E-state index is 11.5. The predicted octanol–water partition coefficient (Wildman–Crippen LogP) is 1.18. The quantitative estimate of drug-likeness (QED) is 0.833. The minimum atomic E-state index is -1.18. The molecule has 0 saturated heterocycles.